The number of halogens is 1. The SMILES string of the molecule is O=C(O)c1ccc(CN2CCCCCC2)c(Cl)c1. The molecule has 1 aliphatic heterocycles. The Morgan fingerprint density at radius 1 is 1.22 bits per heavy atom. The predicted molar refractivity (Wildman–Crippen MR) is 72.2 cm³/mol. The number of benzene rings is 1. The summed E-state index contributed by atoms with van der Waals surface area (Å²) in [6, 6.07) is 5.00. The number of hydrogen-bond acceptors (Lipinski definition) is 2. The minimum atomic E-state index is -0.932. The summed E-state index contributed by atoms with van der Waals surface area (Å²) in [7, 11) is 0. The van der Waals surface area contributed by atoms with Gasteiger partial charge in [0.25, 0.3) is 0 Å². The van der Waals surface area contributed by atoms with E-state index in [0.717, 1.165) is 25.2 Å². The number of likely N-dealkylation sites (tertiary alicyclic amines) is 1. The zero-order chi connectivity index (χ0) is 13.0. The maximum atomic E-state index is 10.8. The average Bonchev–Trinajstić information content (AvgIpc) is 2.60. The lowest BCUT2D eigenvalue weighted by molar-refractivity contribution is 0.0697. The molecule has 0 radical (unpaired) electrons. The molecule has 2 rings (SSSR count). The first-order valence-corrected chi connectivity index (χ1v) is 6.78. The van der Waals surface area contributed by atoms with Crippen molar-refractivity contribution in [2.24, 2.45) is 0 Å². The van der Waals surface area contributed by atoms with Gasteiger partial charge in [0.15, 0.2) is 0 Å². The quantitative estimate of drug-likeness (QED) is 0.912. The third-order valence-electron chi connectivity index (χ3n) is 3.39. The van der Waals surface area contributed by atoms with Gasteiger partial charge < -0.3 is 5.11 Å². The molecule has 1 N–H and O–H groups in total. The van der Waals surface area contributed by atoms with Crippen molar-refractivity contribution in [3.8, 4) is 0 Å². The molecule has 4 heteroatoms. The van der Waals surface area contributed by atoms with Gasteiger partial charge in [-0.3, -0.25) is 4.90 Å². The Morgan fingerprint density at radius 3 is 2.44 bits per heavy atom. The van der Waals surface area contributed by atoms with Gasteiger partial charge in [-0.05, 0) is 43.6 Å². The van der Waals surface area contributed by atoms with Crippen molar-refractivity contribution in [2.75, 3.05) is 13.1 Å². The molecule has 0 aliphatic carbocycles. The first kappa shape index (κ1) is 13.4. The van der Waals surface area contributed by atoms with Gasteiger partial charge in [-0.15, -0.1) is 0 Å². The zero-order valence-corrected chi connectivity index (χ0v) is 11.1. The monoisotopic (exact) mass is 267 g/mol. The molecule has 0 aromatic heterocycles. The molecule has 0 saturated carbocycles. The van der Waals surface area contributed by atoms with Crippen molar-refractivity contribution in [3.05, 3.63) is 34.3 Å². The highest BCUT2D eigenvalue weighted by Crippen LogP contribution is 2.21. The summed E-state index contributed by atoms with van der Waals surface area (Å²) >= 11 is 6.14. The fourth-order valence-corrected chi connectivity index (χ4v) is 2.58. The topological polar surface area (TPSA) is 40.5 Å². The molecule has 3 nitrogen and oxygen atoms in total. The van der Waals surface area contributed by atoms with Gasteiger partial charge in [-0.25, -0.2) is 4.79 Å². The predicted octanol–water partition coefficient (Wildman–Crippen LogP) is 3.41. The summed E-state index contributed by atoms with van der Waals surface area (Å²) in [5.74, 6) is -0.932. The Morgan fingerprint density at radius 2 is 1.89 bits per heavy atom. The average molecular weight is 268 g/mol. The lowest BCUT2D eigenvalue weighted by Crippen LogP contribution is -2.24. The van der Waals surface area contributed by atoms with Crippen molar-refractivity contribution in [1.29, 1.82) is 0 Å². The molecular weight excluding hydrogens is 250 g/mol. The second-order valence-electron chi connectivity index (χ2n) is 4.80. The minimum Gasteiger partial charge on any atom is -0.478 e. The fraction of sp³-hybridized carbons (Fsp3) is 0.500. The van der Waals surface area contributed by atoms with Gasteiger partial charge in [0.1, 0.15) is 0 Å². The van der Waals surface area contributed by atoms with E-state index in [1.165, 1.54) is 31.7 Å². The second kappa shape index (κ2) is 6.21. The molecule has 98 valence electrons. The van der Waals surface area contributed by atoms with Crippen LogP contribution >= 0.6 is 11.6 Å². The number of hydrogen-bond donors (Lipinski definition) is 1. The standard InChI is InChI=1S/C14H18ClNO2/c15-13-9-11(14(17)18)5-6-12(13)10-16-7-3-1-2-4-8-16/h5-6,9H,1-4,7-8,10H2,(H,17,18). The molecule has 18 heavy (non-hydrogen) atoms. The van der Waals surface area contributed by atoms with Crippen LogP contribution in [0, 0.1) is 0 Å². The van der Waals surface area contributed by atoms with E-state index in [-0.39, 0.29) is 5.56 Å². The van der Waals surface area contributed by atoms with Crippen molar-refractivity contribution >= 4 is 17.6 Å². The summed E-state index contributed by atoms with van der Waals surface area (Å²) in [5.41, 5.74) is 1.27. The zero-order valence-electron chi connectivity index (χ0n) is 10.4. The van der Waals surface area contributed by atoms with Gasteiger partial charge in [0.05, 0.1) is 5.56 Å². The van der Waals surface area contributed by atoms with Crippen LogP contribution in [0.15, 0.2) is 18.2 Å². The largest absolute Gasteiger partial charge is 0.478 e. The lowest BCUT2D eigenvalue weighted by Gasteiger charge is -2.20. The number of carboxylic acid groups (broad SMARTS) is 1. The Balaban J connectivity index is 2.06. The first-order chi connectivity index (χ1) is 8.66. The summed E-state index contributed by atoms with van der Waals surface area (Å²) < 4.78 is 0. The van der Waals surface area contributed by atoms with Crippen molar-refractivity contribution in [3.63, 3.8) is 0 Å². The Kier molecular flexibility index (Phi) is 4.61. The second-order valence-corrected chi connectivity index (χ2v) is 5.21. The van der Waals surface area contributed by atoms with E-state index in [0.29, 0.717) is 5.02 Å². The molecule has 1 saturated heterocycles. The van der Waals surface area contributed by atoms with Crippen LogP contribution in [0.2, 0.25) is 5.02 Å². The molecule has 1 aliphatic rings. The van der Waals surface area contributed by atoms with Crippen LogP contribution in [0.5, 0.6) is 0 Å². The van der Waals surface area contributed by atoms with E-state index >= 15 is 0 Å². The molecule has 0 spiro atoms. The molecule has 0 atom stereocenters. The van der Waals surface area contributed by atoms with E-state index in [9.17, 15) is 4.79 Å². The third-order valence-corrected chi connectivity index (χ3v) is 3.74. The molecule has 0 bridgehead atoms. The summed E-state index contributed by atoms with van der Waals surface area (Å²) in [6.07, 6.45) is 5.10. The number of carboxylic acids is 1. The van der Waals surface area contributed by atoms with Crippen molar-refractivity contribution in [2.45, 2.75) is 32.2 Å². The molecule has 1 heterocycles. The van der Waals surface area contributed by atoms with E-state index < -0.39 is 5.97 Å². The third kappa shape index (κ3) is 3.47. The first-order valence-electron chi connectivity index (χ1n) is 6.41. The van der Waals surface area contributed by atoms with Crippen LogP contribution in [0.3, 0.4) is 0 Å². The normalized spacial score (nSPS) is 17.4. The van der Waals surface area contributed by atoms with Crippen LogP contribution in [0.1, 0.15) is 41.6 Å². The van der Waals surface area contributed by atoms with E-state index in [1.807, 2.05) is 6.07 Å². The molecule has 1 fully saturated rings. The Labute approximate surface area is 112 Å². The molecule has 0 amide bonds. The molecule has 0 unspecified atom stereocenters. The Hall–Kier alpha value is -1.06. The highest BCUT2D eigenvalue weighted by Gasteiger charge is 2.12. The van der Waals surface area contributed by atoms with Gasteiger partial charge >= 0.3 is 5.97 Å². The van der Waals surface area contributed by atoms with Crippen molar-refractivity contribution < 1.29 is 9.90 Å². The fourth-order valence-electron chi connectivity index (χ4n) is 2.34. The number of nitrogens with zero attached hydrogens (tertiary/aromatic N) is 1. The Bertz CT molecular complexity index is 426. The van der Waals surface area contributed by atoms with Gasteiger partial charge in [-0.1, -0.05) is 30.5 Å². The highest BCUT2D eigenvalue weighted by atomic mass is 35.5. The minimum absolute atomic E-state index is 0.250. The van der Waals surface area contributed by atoms with Crippen LogP contribution in [0.25, 0.3) is 0 Å². The number of rotatable bonds is 3. The maximum absolute atomic E-state index is 10.8. The number of carbonyl (C=O) groups is 1. The van der Waals surface area contributed by atoms with Gasteiger partial charge in [0, 0.05) is 11.6 Å². The lowest BCUT2D eigenvalue weighted by atomic mass is 10.1. The molecular formula is C14H18ClNO2. The van der Waals surface area contributed by atoms with E-state index in [2.05, 4.69) is 4.90 Å². The van der Waals surface area contributed by atoms with Crippen LogP contribution in [-0.2, 0) is 6.54 Å². The summed E-state index contributed by atoms with van der Waals surface area (Å²) in [6.45, 7) is 3.03. The van der Waals surface area contributed by atoms with Crippen LogP contribution < -0.4 is 0 Å². The number of aromatic carboxylic acids is 1. The van der Waals surface area contributed by atoms with E-state index in [4.69, 9.17) is 16.7 Å². The van der Waals surface area contributed by atoms with Crippen molar-refractivity contribution in [1.82, 2.24) is 4.90 Å². The molecule has 1 aromatic carbocycles. The summed E-state index contributed by atoms with van der Waals surface area (Å²) in [5, 5.41) is 9.44. The van der Waals surface area contributed by atoms with E-state index in [1.54, 1.807) is 6.07 Å². The van der Waals surface area contributed by atoms with Crippen LogP contribution in [-0.4, -0.2) is 29.1 Å². The highest BCUT2D eigenvalue weighted by molar-refractivity contribution is 6.31. The van der Waals surface area contributed by atoms with Gasteiger partial charge in [-0.2, -0.15) is 0 Å². The van der Waals surface area contributed by atoms with Crippen LogP contribution in [0.4, 0.5) is 0 Å². The maximum Gasteiger partial charge on any atom is 0.335 e. The van der Waals surface area contributed by atoms with Gasteiger partial charge in [0.2, 0.25) is 0 Å². The molecule has 1 aromatic rings. The summed E-state index contributed by atoms with van der Waals surface area (Å²) in [4.78, 5) is 13.2. The smallest absolute Gasteiger partial charge is 0.335 e.